The Balaban J connectivity index is 2.26. The lowest BCUT2D eigenvalue weighted by molar-refractivity contribution is -0.137. The van der Waals surface area contributed by atoms with Crippen LogP contribution in [0.2, 0.25) is 0 Å². The summed E-state index contributed by atoms with van der Waals surface area (Å²) in [6, 6.07) is 4.65. The molecule has 0 amide bonds. The van der Waals surface area contributed by atoms with Crippen molar-refractivity contribution < 1.29 is 18.0 Å². The molecule has 0 spiro atoms. The molecule has 6 heteroatoms. The number of piperazine rings is 1. The minimum atomic E-state index is -4.44. The van der Waals surface area contributed by atoms with Gasteiger partial charge in [0.2, 0.25) is 0 Å². The van der Waals surface area contributed by atoms with Crippen LogP contribution in [0.1, 0.15) is 29.8 Å². The smallest absolute Gasteiger partial charge is 0.314 e. The molecule has 0 atom stereocenters. The number of nitrogens with one attached hydrogen (secondary N) is 1. The van der Waals surface area contributed by atoms with E-state index in [9.17, 15) is 18.0 Å². The zero-order valence-corrected chi connectivity index (χ0v) is 12.1. The molecule has 0 radical (unpaired) electrons. The van der Waals surface area contributed by atoms with E-state index in [-0.39, 0.29) is 11.3 Å². The SMILES string of the molecule is CC(C)(C(=O)c1cccc(C(F)(F)F)c1)N1CCNCC1. The number of hydrogen-bond donors (Lipinski definition) is 1. The van der Waals surface area contributed by atoms with Crippen LogP contribution in [0.4, 0.5) is 13.2 Å². The first kappa shape index (κ1) is 16.0. The highest BCUT2D eigenvalue weighted by Crippen LogP contribution is 2.31. The molecular weight excluding hydrogens is 281 g/mol. The van der Waals surface area contributed by atoms with Crippen molar-refractivity contribution in [2.75, 3.05) is 26.2 Å². The normalized spacial score (nSPS) is 17.8. The monoisotopic (exact) mass is 300 g/mol. The van der Waals surface area contributed by atoms with Crippen LogP contribution in [0.25, 0.3) is 0 Å². The fourth-order valence-electron chi connectivity index (χ4n) is 2.56. The van der Waals surface area contributed by atoms with Crippen molar-refractivity contribution in [3.63, 3.8) is 0 Å². The number of alkyl halides is 3. The predicted molar refractivity (Wildman–Crippen MR) is 74.3 cm³/mol. The van der Waals surface area contributed by atoms with Gasteiger partial charge in [-0.2, -0.15) is 13.2 Å². The molecule has 3 nitrogen and oxygen atoms in total. The van der Waals surface area contributed by atoms with Crippen molar-refractivity contribution in [3.05, 3.63) is 35.4 Å². The summed E-state index contributed by atoms with van der Waals surface area (Å²) in [5.74, 6) is -0.282. The van der Waals surface area contributed by atoms with Crippen LogP contribution in [0.3, 0.4) is 0 Å². The number of Topliss-reactive ketones (excluding diaryl/α,β-unsaturated/α-hetero) is 1. The molecule has 0 aliphatic carbocycles. The number of hydrogen-bond acceptors (Lipinski definition) is 3. The maximum Gasteiger partial charge on any atom is 0.416 e. The zero-order chi connectivity index (χ0) is 15.7. The number of nitrogens with zero attached hydrogens (tertiary/aromatic N) is 1. The summed E-state index contributed by atoms with van der Waals surface area (Å²) in [6.07, 6.45) is -4.44. The molecule has 1 aliphatic rings. The second kappa shape index (κ2) is 5.77. The van der Waals surface area contributed by atoms with Gasteiger partial charge in [0, 0.05) is 31.7 Å². The quantitative estimate of drug-likeness (QED) is 0.871. The highest BCUT2D eigenvalue weighted by molar-refractivity contribution is 6.02. The highest BCUT2D eigenvalue weighted by atomic mass is 19.4. The number of carbonyl (C=O) groups excluding carboxylic acids is 1. The van der Waals surface area contributed by atoms with Crippen molar-refractivity contribution in [1.29, 1.82) is 0 Å². The Morgan fingerprint density at radius 2 is 1.81 bits per heavy atom. The molecule has 1 aromatic carbocycles. The van der Waals surface area contributed by atoms with E-state index in [2.05, 4.69) is 5.32 Å². The summed E-state index contributed by atoms with van der Waals surface area (Å²) in [4.78, 5) is 14.6. The molecule has 0 saturated carbocycles. The second-order valence-corrected chi connectivity index (χ2v) is 5.70. The van der Waals surface area contributed by atoms with Gasteiger partial charge >= 0.3 is 6.18 Å². The van der Waals surface area contributed by atoms with Gasteiger partial charge in [-0.1, -0.05) is 12.1 Å². The number of benzene rings is 1. The molecule has 1 N–H and O–H groups in total. The summed E-state index contributed by atoms with van der Waals surface area (Å²) >= 11 is 0. The number of ketones is 1. The average Bonchev–Trinajstić information content (AvgIpc) is 2.46. The first-order chi connectivity index (χ1) is 9.73. The molecule has 1 aliphatic heterocycles. The molecule has 1 fully saturated rings. The molecule has 2 rings (SSSR count). The number of carbonyl (C=O) groups is 1. The van der Waals surface area contributed by atoms with Gasteiger partial charge in [0.05, 0.1) is 11.1 Å². The molecule has 0 unspecified atom stereocenters. The third-order valence-corrected chi connectivity index (χ3v) is 3.92. The summed E-state index contributed by atoms with van der Waals surface area (Å²) in [5.41, 5.74) is -1.50. The van der Waals surface area contributed by atoms with Crippen molar-refractivity contribution in [2.45, 2.75) is 25.6 Å². The van der Waals surface area contributed by atoms with E-state index in [4.69, 9.17) is 0 Å². The van der Waals surface area contributed by atoms with E-state index in [1.165, 1.54) is 12.1 Å². The number of halogens is 3. The van der Waals surface area contributed by atoms with E-state index in [1.54, 1.807) is 13.8 Å². The highest BCUT2D eigenvalue weighted by Gasteiger charge is 2.37. The minimum absolute atomic E-state index is 0.105. The van der Waals surface area contributed by atoms with Gasteiger partial charge in [-0.05, 0) is 26.0 Å². The molecule has 1 heterocycles. The Labute approximate surface area is 122 Å². The maximum absolute atomic E-state index is 12.8. The Morgan fingerprint density at radius 3 is 2.38 bits per heavy atom. The summed E-state index contributed by atoms with van der Waals surface area (Å²) in [5, 5.41) is 3.19. The second-order valence-electron chi connectivity index (χ2n) is 5.70. The van der Waals surface area contributed by atoms with Gasteiger partial charge in [0.15, 0.2) is 5.78 Å². The largest absolute Gasteiger partial charge is 0.416 e. The minimum Gasteiger partial charge on any atom is -0.314 e. The first-order valence-corrected chi connectivity index (χ1v) is 6.91. The van der Waals surface area contributed by atoms with Gasteiger partial charge in [0.1, 0.15) is 0 Å². The van der Waals surface area contributed by atoms with Crippen LogP contribution in [-0.2, 0) is 6.18 Å². The van der Waals surface area contributed by atoms with Gasteiger partial charge in [-0.3, -0.25) is 9.69 Å². The van der Waals surface area contributed by atoms with E-state index >= 15 is 0 Å². The third kappa shape index (κ3) is 3.44. The maximum atomic E-state index is 12.8. The van der Waals surface area contributed by atoms with Crippen molar-refractivity contribution in [1.82, 2.24) is 10.2 Å². The summed E-state index contributed by atoms with van der Waals surface area (Å²) in [7, 11) is 0. The predicted octanol–water partition coefficient (Wildman–Crippen LogP) is 2.57. The zero-order valence-electron chi connectivity index (χ0n) is 12.1. The van der Waals surface area contributed by atoms with Crippen LogP contribution in [-0.4, -0.2) is 42.4 Å². The molecule has 21 heavy (non-hydrogen) atoms. The standard InChI is InChI=1S/C15H19F3N2O/c1-14(2,20-8-6-19-7-9-20)13(21)11-4-3-5-12(10-11)15(16,17)18/h3-5,10,19H,6-9H2,1-2H3. The lowest BCUT2D eigenvalue weighted by Crippen LogP contribution is -2.57. The van der Waals surface area contributed by atoms with Crippen molar-refractivity contribution in [3.8, 4) is 0 Å². The Kier molecular flexibility index (Phi) is 4.39. The lowest BCUT2D eigenvalue weighted by Gasteiger charge is -2.40. The average molecular weight is 300 g/mol. The van der Waals surface area contributed by atoms with E-state index in [1.807, 2.05) is 4.90 Å². The fourth-order valence-corrected chi connectivity index (χ4v) is 2.56. The van der Waals surface area contributed by atoms with Crippen molar-refractivity contribution >= 4 is 5.78 Å². The molecule has 0 bridgehead atoms. The molecule has 0 aromatic heterocycles. The Bertz CT molecular complexity index is 520. The topological polar surface area (TPSA) is 32.3 Å². The lowest BCUT2D eigenvalue weighted by atomic mass is 9.90. The summed E-state index contributed by atoms with van der Waals surface area (Å²) in [6.45, 7) is 6.50. The third-order valence-electron chi connectivity index (χ3n) is 3.92. The molecule has 1 saturated heterocycles. The van der Waals surface area contributed by atoms with Gasteiger partial charge in [-0.15, -0.1) is 0 Å². The van der Waals surface area contributed by atoms with Gasteiger partial charge < -0.3 is 5.32 Å². The molecule has 116 valence electrons. The number of rotatable bonds is 3. The van der Waals surface area contributed by atoms with Gasteiger partial charge in [-0.25, -0.2) is 0 Å². The van der Waals surface area contributed by atoms with Gasteiger partial charge in [0.25, 0.3) is 0 Å². The van der Waals surface area contributed by atoms with Crippen LogP contribution in [0.5, 0.6) is 0 Å². The summed E-state index contributed by atoms with van der Waals surface area (Å²) < 4.78 is 38.3. The van der Waals surface area contributed by atoms with Crippen LogP contribution in [0.15, 0.2) is 24.3 Å². The van der Waals surface area contributed by atoms with E-state index in [0.717, 1.165) is 25.2 Å². The Morgan fingerprint density at radius 1 is 1.19 bits per heavy atom. The van der Waals surface area contributed by atoms with Crippen molar-refractivity contribution in [2.24, 2.45) is 0 Å². The van der Waals surface area contributed by atoms with Crippen LogP contribution >= 0.6 is 0 Å². The van der Waals surface area contributed by atoms with E-state index in [0.29, 0.717) is 13.1 Å². The van der Waals surface area contributed by atoms with E-state index < -0.39 is 17.3 Å². The Hall–Kier alpha value is -1.40. The first-order valence-electron chi connectivity index (χ1n) is 6.91. The fraction of sp³-hybridized carbons (Fsp3) is 0.533. The van der Waals surface area contributed by atoms with Crippen LogP contribution < -0.4 is 5.32 Å². The molecular formula is C15H19F3N2O. The molecule has 1 aromatic rings. The van der Waals surface area contributed by atoms with Crippen LogP contribution in [0, 0.1) is 0 Å².